The third-order valence-electron chi connectivity index (χ3n) is 4.56. The number of halogens is 2. The topological polar surface area (TPSA) is 12.0 Å². The fourth-order valence-electron chi connectivity index (χ4n) is 3.38. The van der Waals surface area contributed by atoms with Gasteiger partial charge in [-0.05, 0) is 67.8 Å². The Hall–Kier alpha value is -0.600. The first-order valence-corrected chi connectivity index (χ1v) is 8.12. The van der Waals surface area contributed by atoms with Crippen LogP contribution in [-0.4, -0.2) is 13.1 Å². The third-order valence-corrected chi connectivity index (χ3v) is 4.79. The molecule has 20 heavy (non-hydrogen) atoms. The zero-order valence-corrected chi connectivity index (χ0v) is 13.2. The fourth-order valence-corrected chi connectivity index (χ4v) is 3.54. The van der Waals surface area contributed by atoms with E-state index < -0.39 is 0 Å². The molecule has 1 aliphatic rings. The lowest BCUT2D eigenvalue weighted by Gasteiger charge is -2.35. The Morgan fingerprint density at radius 2 is 2.10 bits per heavy atom. The first kappa shape index (κ1) is 15.8. The van der Waals surface area contributed by atoms with E-state index in [0.29, 0.717) is 16.9 Å². The first-order valence-electron chi connectivity index (χ1n) is 7.74. The van der Waals surface area contributed by atoms with Crippen LogP contribution in [0.25, 0.3) is 0 Å². The summed E-state index contributed by atoms with van der Waals surface area (Å²) in [5, 5.41) is 3.94. The van der Waals surface area contributed by atoms with Gasteiger partial charge in [-0.25, -0.2) is 4.39 Å². The number of rotatable bonds is 5. The van der Waals surface area contributed by atoms with Crippen molar-refractivity contribution in [2.45, 2.75) is 39.5 Å². The Bertz CT molecular complexity index is 433. The second-order valence-electron chi connectivity index (χ2n) is 6.19. The first-order chi connectivity index (χ1) is 9.60. The molecule has 0 aromatic heterocycles. The minimum atomic E-state index is -0.155. The Morgan fingerprint density at radius 3 is 2.80 bits per heavy atom. The van der Waals surface area contributed by atoms with Gasteiger partial charge in [0.2, 0.25) is 0 Å². The van der Waals surface area contributed by atoms with E-state index in [9.17, 15) is 4.39 Å². The van der Waals surface area contributed by atoms with Gasteiger partial charge in [-0.2, -0.15) is 0 Å². The molecule has 3 unspecified atom stereocenters. The van der Waals surface area contributed by atoms with Gasteiger partial charge in [0, 0.05) is 5.02 Å². The van der Waals surface area contributed by atoms with E-state index in [1.54, 1.807) is 6.07 Å². The fraction of sp³-hybridized carbons (Fsp3) is 0.647. The summed E-state index contributed by atoms with van der Waals surface area (Å²) in [6.07, 6.45) is 4.60. The summed E-state index contributed by atoms with van der Waals surface area (Å²) < 4.78 is 14.0. The minimum Gasteiger partial charge on any atom is -0.317 e. The van der Waals surface area contributed by atoms with Crippen LogP contribution in [-0.2, 0) is 6.42 Å². The summed E-state index contributed by atoms with van der Waals surface area (Å²) in [4.78, 5) is 0. The van der Waals surface area contributed by atoms with Crippen molar-refractivity contribution >= 4 is 11.6 Å². The quantitative estimate of drug-likeness (QED) is 0.832. The predicted molar refractivity (Wildman–Crippen MR) is 83.7 cm³/mol. The molecular formula is C17H25ClFN. The summed E-state index contributed by atoms with van der Waals surface area (Å²) in [6.45, 7) is 6.52. The van der Waals surface area contributed by atoms with Crippen molar-refractivity contribution in [1.82, 2.24) is 5.32 Å². The van der Waals surface area contributed by atoms with Crippen LogP contribution in [0.5, 0.6) is 0 Å². The lowest BCUT2D eigenvalue weighted by atomic mass is 9.72. The molecule has 112 valence electrons. The summed E-state index contributed by atoms with van der Waals surface area (Å²) in [7, 11) is 0. The van der Waals surface area contributed by atoms with Crippen molar-refractivity contribution in [2.24, 2.45) is 17.8 Å². The molecule has 0 spiro atoms. The molecule has 1 N–H and O–H groups in total. The highest BCUT2D eigenvalue weighted by Gasteiger charge is 2.28. The molecular weight excluding hydrogens is 273 g/mol. The van der Waals surface area contributed by atoms with Gasteiger partial charge in [0.05, 0.1) is 0 Å². The van der Waals surface area contributed by atoms with E-state index >= 15 is 0 Å². The van der Waals surface area contributed by atoms with Gasteiger partial charge < -0.3 is 5.32 Å². The highest BCUT2D eigenvalue weighted by molar-refractivity contribution is 6.30. The second-order valence-corrected chi connectivity index (χ2v) is 6.62. The van der Waals surface area contributed by atoms with E-state index in [4.69, 9.17) is 11.6 Å². The zero-order chi connectivity index (χ0) is 14.5. The SMILES string of the molecule is CCNCC1CCC(C)CC1Cc1ccc(Cl)cc1F. The van der Waals surface area contributed by atoms with Crippen LogP contribution in [0, 0.1) is 23.6 Å². The molecule has 3 atom stereocenters. The lowest BCUT2D eigenvalue weighted by Crippen LogP contribution is -2.33. The monoisotopic (exact) mass is 297 g/mol. The maximum absolute atomic E-state index is 14.0. The molecule has 0 radical (unpaired) electrons. The van der Waals surface area contributed by atoms with Crippen molar-refractivity contribution in [2.75, 3.05) is 13.1 Å². The standard InChI is InChI=1S/C17H25ClFN/c1-3-20-11-14-5-4-12(2)8-15(14)9-13-6-7-16(18)10-17(13)19/h6-7,10,12,14-15,20H,3-5,8-9,11H2,1-2H3. The average Bonchev–Trinajstić information content (AvgIpc) is 2.41. The van der Waals surface area contributed by atoms with E-state index in [2.05, 4.69) is 19.2 Å². The predicted octanol–water partition coefficient (Wildman–Crippen LogP) is 4.68. The van der Waals surface area contributed by atoms with E-state index in [0.717, 1.165) is 31.0 Å². The van der Waals surface area contributed by atoms with E-state index in [1.807, 2.05) is 6.07 Å². The van der Waals surface area contributed by atoms with E-state index in [-0.39, 0.29) is 5.82 Å². The van der Waals surface area contributed by atoms with Gasteiger partial charge in [-0.15, -0.1) is 0 Å². The van der Waals surface area contributed by atoms with Crippen molar-refractivity contribution in [3.63, 3.8) is 0 Å². The number of hydrogen-bond acceptors (Lipinski definition) is 1. The maximum atomic E-state index is 14.0. The number of hydrogen-bond donors (Lipinski definition) is 1. The molecule has 1 fully saturated rings. The van der Waals surface area contributed by atoms with Crippen LogP contribution < -0.4 is 5.32 Å². The minimum absolute atomic E-state index is 0.155. The zero-order valence-electron chi connectivity index (χ0n) is 12.5. The Balaban J connectivity index is 2.06. The van der Waals surface area contributed by atoms with Crippen LogP contribution in [0.3, 0.4) is 0 Å². The molecule has 1 nitrogen and oxygen atoms in total. The smallest absolute Gasteiger partial charge is 0.127 e. The summed E-state index contributed by atoms with van der Waals surface area (Å²) in [5.74, 6) is 1.85. The maximum Gasteiger partial charge on any atom is 0.127 e. The molecule has 1 aromatic rings. The summed E-state index contributed by atoms with van der Waals surface area (Å²) >= 11 is 5.83. The largest absolute Gasteiger partial charge is 0.317 e. The molecule has 0 aliphatic heterocycles. The number of nitrogens with one attached hydrogen (secondary N) is 1. The second kappa shape index (κ2) is 7.42. The van der Waals surface area contributed by atoms with Crippen molar-refractivity contribution in [1.29, 1.82) is 0 Å². The molecule has 0 amide bonds. The molecule has 0 saturated heterocycles. The molecule has 3 heteroatoms. The Labute approximate surface area is 126 Å². The van der Waals surface area contributed by atoms with Crippen LogP contribution in [0.2, 0.25) is 5.02 Å². The summed E-state index contributed by atoms with van der Waals surface area (Å²) in [5.41, 5.74) is 0.815. The van der Waals surface area contributed by atoms with Crippen molar-refractivity contribution in [3.8, 4) is 0 Å². The normalized spacial score (nSPS) is 26.7. The molecule has 1 saturated carbocycles. The lowest BCUT2D eigenvalue weighted by molar-refractivity contribution is 0.183. The van der Waals surface area contributed by atoms with Gasteiger partial charge in [0.1, 0.15) is 5.82 Å². The molecule has 1 aliphatic carbocycles. The molecule has 2 rings (SSSR count). The highest BCUT2D eigenvalue weighted by atomic mass is 35.5. The third kappa shape index (κ3) is 4.20. The Morgan fingerprint density at radius 1 is 1.30 bits per heavy atom. The summed E-state index contributed by atoms with van der Waals surface area (Å²) in [6, 6.07) is 5.08. The van der Waals surface area contributed by atoms with Gasteiger partial charge in [0.25, 0.3) is 0 Å². The van der Waals surface area contributed by atoms with Crippen molar-refractivity contribution < 1.29 is 4.39 Å². The van der Waals surface area contributed by atoms with Crippen LogP contribution in [0.1, 0.15) is 38.7 Å². The van der Waals surface area contributed by atoms with Gasteiger partial charge in [-0.3, -0.25) is 0 Å². The van der Waals surface area contributed by atoms with Gasteiger partial charge in [0.15, 0.2) is 0 Å². The molecule has 0 bridgehead atoms. The van der Waals surface area contributed by atoms with Crippen LogP contribution in [0.4, 0.5) is 4.39 Å². The average molecular weight is 298 g/mol. The molecule has 0 heterocycles. The van der Waals surface area contributed by atoms with Crippen LogP contribution in [0.15, 0.2) is 18.2 Å². The number of benzene rings is 1. The van der Waals surface area contributed by atoms with Gasteiger partial charge in [-0.1, -0.05) is 37.9 Å². The Kier molecular flexibility index (Phi) is 5.86. The van der Waals surface area contributed by atoms with Crippen LogP contribution >= 0.6 is 11.6 Å². The van der Waals surface area contributed by atoms with Crippen molar-refractivity contribution in [3.05, 3.63) is 34.6 Å². The highest BCUT2D eigenvalue weighted by Crippen LogP contribution is 2.36. The van der Waals surface area contributed by atoms with Gasteiger partial charge >= 0.3 is 0 Å². The molecule has 1 aromatic carbocycles. The van der Waals surface area contributed by atoms with E-state index in [1.165, 1.54) is 25.3 Å².